The van der Waals surface area contributed by atoms with E-state index in [0.29, 0.717) is 37.6 Å². The van der Waals surface area contributed by atoms with Crippen LogP contribution in [0.3, 0.4) is 0 Å². The number of pyridine rings is 1. The number of hydrogen-bond donors (Lipinski definition) is 2. The normalized spacial score (nSPS) is 16.8. The largest absolute Gasteiger partial charge is 0.463 e. The van der Waals surface area contributed by atoms with Gasteiger partial charge in [0.25, 0.3) is 11.5 Å². The quantitative estimate of drug-likeness (QED) is 0.849. The van der Waals surface area contributed by atoms with E-state index in [0.717, 1.165) is 6.42 Å². The van der Waals surface area contributed by atoms with Gasteiger partial charge in [-0.3, -0.25) is 14.5 Å². The molecule has 1 aliphatic rings. The molecule has 1 amide bonds. The zero-order chi connectivity index (χ0) is 17.8. The molecule has 2 aromatic heterocycles. The van der Waals surface area contributed by atoms with Crippen molar-refractivity contribution in [3.63, 3.8) is 0 Å². The molecule has 0 aliphatic carbocycles. The van der Waals surface area contributed by atoms with Gasteiger partial charge >= 0.3 is 0 Å². The van der Waals surface area contributed by atoms with Crippen LogP contribution >= 0.6 is 0 Å². The molecule has 1 aliphatic heterocycles. The van der Waals surface area contributed by atoms with Gasteiger partial charge in [0, 0.05) is 32.2 Å². The number of aliphatic hydroxyl groups excluding tert-OH is 1. The molecule has 7 nitrogen and oxygen atoms in total. The van der Waals surface area contributed by atoms with Gasteiger partial charge in [-0.15, -0.1) is 0 Å². The molecule has 134 valence electrons. The summed E-state index contributed by atoms with van der Waals surface area (Å²) in [7, 11) is 0. The Morgan fingerprint density at radius 1 is 1.28 bits per heavy atom. The number of aromatic nitrogens is 1. The van der Waals surface area contributed by atoms with Gasteiger partial charge < -0.3 is 19.4 Å². The fourth-order valence-corrected chi connectivity index (χ4v) is 3.18. The number of furan rings is 1. The molecule has 3 rings (SSSR count). The van der Waals surface area contributed by atoms with Crippen molar-refractivity contribution < 1.29 is 14.3 Å². The van der Waals surface area contributed by atoms with Gasteiger partial charge in [-0.05, 0) is 30.7 Å². The minimum atomic E-state index is -0.414. The highest BCUT2D eigenvalue weighted by molar-refractivity contribution is 5.94. The lowest BCUT2D eigenvalue weighted by molar-refractivity contribution is 0.0471. The van der Waals surface area contributed by atoms with E-state index >= 15 is 0 Å². The van der Waals surface area contributed by atoms with E-state index in [1.54, 1.807) is 29.2 Å². The zero-order valence-corrected chi connectivity index (χ0v) is 14.3. The third-order valence-electron chi connectivity index (χ3n) is 4.73. The summed E-state index contributed by atoms with van der Waals surface area (Å²) in [6.45, 7) is 4.67. The van der Waals surface area contributed by atoms with Crippen LogP contribution in [0.15, 0.2) is 39.7 Å². The minimum Gasteiger partial charge on any atom is -0.463 e. The molecule has 0 aromatic carbocycles. The third-order valence-corrected chi connectivity index (χ3v) is 4.73. The van der Waals surface area contributed by atoms with Crippen LogP contribution in [0.2, 0.25) is 0 Å². The van der Waals surface area contributed by atoms with Crippen LogP contribution in [0.25, 0.3) is 11.5 Å². The lowest BCUT2D eigenvalue weighted by Gasteiger charge is -2.38. The lowest BCUT2D eigenvalue weighted by Crippen LogP contribution is -2.53. The molecule has 7 heteroatoms. The number of nitrogens with zero attached hydrogens (tertiary/aromatic N) is 2. The molecular formula is C18H23N3O4. The monoisotopic (exact) mass is 345 g/mol. The highest BCUT2D eigenvalue weighted by atomic mass is 16.3. The molecule has 0 saturated carbocycles. The summed E-state index contributed by atoms with van der Waals surface area (Å²) in [5, 5.41) is 9.40. The van der Waals surface area contributed by atoms with Crippen LogP contribution in [0.4, 0.5) is 0 Å². The molecule has 25 heavy (non-hydrogen) atoms. The number of hydrogen-bond acceptors (Lipinski definition) is 5. The van der Waals surface area contributed by atoms with Crippen molar-refractivity contribution in [1.82, 2.24) is 14.8 Å². The molecule has 3 heterocycles. The first-order valence-corrected chi connectivity index (χ1v) is 8.55. The molecule has 0 spiro atoms. The summed E-state index contributed by atoms with van der Waals surface area (Å²) in [6, 6.07) is 6.85. The number of piperazine rings is 1. The maximum atomic E-state index is 12.6. The molecule has 1 atom stereocenters. The second-order valence-electron chi connectivity index (χ2n) is 6.16. The SMILES string of the molecule is CCC(CO)N1CCN(C(=O)c2ccc(-c3ccco3)[nH]c2=O)CC1. The lowest BCUT2D eigenvalue weighted by atomic mass is 10.1. The first-order chi connectivity index (χ1) is 12.1. The van der Waals surface area contributed by atoms with Gasteiger partial charge in [0.2, 0.25) is 0 Å². The summed E-state index contributed by atoms with van der Waals surface area (Å²) in [4.78, 5) is 31.5. The fraction of sp³-hybridized carbons (Fsp3) is 0.444. The predicted octanol–water partition coefficient (Wildman–Crippen LogP) is 1.16. The molecule has 1 saturated heterocycles. The molecule has 2 N–H and O–H groups in total. The molecule has 1 fully saturated rings. The van der Waals surface area contributed by atoms with Gasteiger partial charge in [0.05, 0.1) is 18.6 Å². The number of carbonyl (C=O) groups excluding carboxylic acids is 1. The standard InChI is InChI=1S/C18H23N3O4/c1-2-13(12-22)20-7-9-21(10-8-20)18(24)14-5-6-15(19-17(14)23)16-4-3-11-25-16/h3-6,11,13,22H,2,7-10,12H2,1H3,(H,19,23). The molecule has 2 aromatic rings. The number of nitrogens with one attached hydrogen (secondary N) is 1. The van der Waals surface area contributed by atoms with Crippen molar-refractivity contribution in [1.29, 1.82) is 0 Å². The maximum absolute atomic E-state index is 12.6. The van der Waals surface area contributed by atoms with Gasteiger partial charge in [0.15, 0.2) is 0 Å². The highest BCUT2D eigenvalue weighted by Crippen LogP contribution is 2.16. The van der Waals surface area contributed by atoms with Crippen molar-refractivity contribution >= 4 is 5.91 Å². The molecule has 0 radical (unpaired) electrons. The first-order valence-electron chi connectivity index (χ1n) is 8.55. The van der Waals surface area contributed by atoms with E-state index in [-0.39, 0.29) is 24.1 Å². The van der Waals surface area contributed by atoms with Crippen LogP contribution in [0.1, 0.15) is 23.7 Å². The summed E-state index contributed by atoms with van der Waals surface area (Å²) >= 11 is 0. The third kappa shape index (κ3) is 3.67. The van der Waals surface area contributed by atoms with Crippen molar-refractivity contribution in [2.75, 3.05) is 32.8 Å². The summed E-state index contributed by atoms with van der Waals surface area (Å²) in [5.41, 5.74) is 0.270. The van der Waals surface area contributed by atoms with E-state index < -0.39 is 5.56 Å². The first kappa shape index (κ1) is 17.4. The highest BCUT2D eigenvalue weighted by Gasteiger charge is 2.26. The maximum Gasteiger partial charge on any atom is 0.261 e. The fourth-order valence-electron chi connectivity index (χ4n) is 3.18. The summed E-state index contributed by atoms with van der Waals surface area (Å²) in [6.07, 6.45) is 2.40. The molecule has 1 unspecified atom stereocenters. The van der Waals surface area contributed by atoms with Crippen LogP contribution in [0, 0.1) is 0 Å². The van der Waals surface area contributed by atoms with Crippen LogP contribution in [-0.4, -0.2) is 64.6 Å². The second-order valence-corrected chi connectivity index (χ2v) is 6.16. The van der Waals surface area contributed by atoms with E-state index in [1.165, 1.54) is 6.26 Å². The van der Waals surface area contributed by atoms with Crippen molar-refractivity contribution in [3.05, 3.63) is 46.4 Å². The number of H-pyrrole nitrogens is 1. The zero-order valence-electron chi connectivity index (χ0n) is 14.3. The number of carbonyl (C=O) groups is 1. The second kappa shape index (κ2) is 7.67. The Hall–Kier alpha value is -2.38. The van der Waals surface area contributed by atoms with E-state index in [9.17, 15) is 14.7 Å². The van der Waals surface area contributed by atoms with Crippen LogP contribution in [-0.2, 0) is 0 Å². The Balaban J connectivity index is 1.69. The number of amides is 1. The van der Waals surface area contributed by atoms with E-state index in [2.05, 4.69) is 9.88 Å². The Kier molecular flexibility index (Phi) is 5.35. The molecular weight excluding hydrogens is 322 g/mol. The van der Waals surface area contributed by atoms with Gasteiger partial charge in [-0.1, -0.05) is 6.92 Å². The van der Waals surface area contributed by atoms with Crippen molar-refractivity contribution in [2.45, 2.75) is 19.4 Å². The van der Waals surface area contributed by atoms with Crippen LogP contribution < -0.4 is 5.56 Å². The Morgan fingerprint density at radius 3 is 2.60 bits per heavy atom. The topological polar surface area (TPSA) is 89.8 Å². The van der Waals surface area contributed by atoms with Gasteiger partial charge in [-0.25, -0.2) is 0 Å². The Bertz CT molecular complexity index is 757. The minimum absolute atomic E-state index is 0.123. The van der Waals surface area contributed by atoms with E-state index in [4.69, 9.17) is 4.42 Å². The van der Waals surface area contributed by atoms with Gasteiger partial charge in [0.1, 0.15) is 11.3 Å². The smallest absolute Gasteiger partial charge is 0.261 e. The van der Waals surface area contributed by atoms with E-state index in [1.807, 2.05) is 6.92 Å². The van der Waals surface area contributed by atoms with Crippen LogP contribution in [0.5, 0.6) is 0 Å². The Morgan fingerprint density at radius 2 is 2.04 bits per heavy atom. The average Bonchev–Trinajstić information content (AvgIpc) is 3.17. The average molecular weight is 345 g/mol. The van der Waals surface area contributed by atoms with Crippen molar-refractivity contribution in [3.8, 4) is 11.5 Å². The number of aromatic amines is 1. The predicted molar refractivity (Wildman–Crippen MR) is 93.4 cm³/mol. The summed E-state index contributed by atoms with van der Waals surface area (Å²) < 4.78 is 5.26. The Labute approximate surface area is 145 Å². The number of rotatable bonds is 5. The molecule has 0 bridgehead atoms. The number of aliphatic hydroxyl groups is 1. The van der Waals surface area contributed by atoms with Gasteiger partial charge in [-0.2, -0.15) is 0 Å². The van der Waals surface area contributed by atoms with Crippen molar-refractivity contribution in [2.24, 2.45) is 0 Å². The summed E-state index contributed by atoms with van der Waals surface area (Å²) in [5.74, 6) is 0.295.